The van der Waals surface area contributed by atoms with Gasteiger partial charge in [-0.2, -0.15) is 0 Å². The lowest BCUT2D eigenvalue weighted by Crippen LogP contribution is -2.08. The van der Waals surface area contributed by atoms with E-state index in [1.807, 2.05) is 31.2 Å². The summed E-state index contributed by atoms with van der Waals surface area (Å²) in [4.78, 5) is 12.1. The summed E-state index contributed by atoms with van der Waals surface area (Å²) in [5.74, 6) is 0.0549. The van der Waals surface area contributed by atoms with Crippen molar-refractivity contribution >= 4 is 11.0 Å². The first-order chi connectivity index (χ1) is 10.6. The maximum atomic E-state index is 12.1. The summed E-state index contributed by atoms with van der Waals surface area (Å²) < 4.78 is 5.34. The van der Waals surface area contributed by atoms with Crippen LogP contribution in [0.3, 0.4) is 0 Å². The normalized spacial score (nSPS) is 11.0. The fraction of sp³-hybridized carbons (Fsp3) is 0.211. The lowest BCUT2D eigenvalue weighted by atomic mass is 10.0. The van der Waals surface area contributed by atoms with Crippen molar-refractivity contribution in [3.8, 4) is 5.75 Å². The molecule has 112 valence electrons. The van der Waals surface area contributed by atoms with Gasteiger partial charge in [0.2, 0.25) is 0 Å². The minimum Gasteiger partial charge on any atom is -0.507 e. The van der Waals surface area contributed by atoms with Gasteiger partial charge in [-0.1, -0.05) is 36.4 Å². The maximum absolute atomic E-state index is 12.1. The topological polar surface area (TPSA) is 50.4 Å². The van der Waals surface area contributed by atoms with E-state index in [9.17, 15) is 9.90 Å². The van der Waals surface area contributed by atoms with Crippen LogP contribution in [0.4, 0.5) is 0 Å². The van der Waals surface area contributed by atoms with Gasteiger partial charge in [0.1, 0.15) is 11.3 Å². The molecule has 22 heavy (non-hydrogen) atoms. The van der Waals surface area contributed by atoms with E-state index >= 15 is 0 Å². The Bertz CT molecular complexity index is 848. The van der Waals surface area contributed by atoms with Crippen LogP contribution in [0.25, 0.3) is 11.0 Å². The van der Waals surface area contributed by atoms with Crippen molar-refractivity contribution < 1.29 is 9.52 Å². The van der Waals surface area contributed by atoms with Crippen LogP contribution < -0.4 is 5.63 Å². The lowest BCUT2D eigenvalue weighted by Gasteiger charge is -2.07. The van der Waals surface area contributed by atoms with Gasteiger partial charge in [0.05, 0.1) is 10.9 Å². The minimum atomic E-state index is -0.441. The van der Waals surface area contributed by atoms with Gasteiger partial charge in [-0.15, -0.1) is 0 Å². The summed E-state index contributed by atoms with van der Waals surface area (Å²) in [5, 5.41) is 11.0. The van der Waals surface area contributed by atoms with Crippen LogP contribution in [-0.2, 0) is 12.8 Å². The highest BCUT2D eigenvalue weighted by Gasteiger charge is 2.13. The Kier molecular flexibility index (Phi) is 3.96. The van der Waals surface area contributed by atoms with Gasteiger partial charge < -0.3 is 9.52 Å². The molecule has 1 N–H and O–H groups in total. The van der Waals surface area contributed by atoms with Crippen molar-refractivity contribution in [3.63, 3.8) is 0 Å². The number of hydrogen-bond donors (Lipinski definition) is 1. The van der Waals surface area contributed by atoms with Crippen molar-refractivity contribution in [2.75, 3.05) is 0 Å². The van der Waals surface area contributed by atoms with E-state index in [2.05, 4.69) is 12.1 Å². The second-order valence-corrected chi connectivity index (χ2v) is 5.56. The molecule has 3 heteroatoms. The summed E-state index contributed by atoms with van der Waals surface area (Å²) in [6.45, 7) is 1.92. The van der Waals surface area contributed by atoms with Gasteiger partial charge in [-0.05, 0) is 49.4 Å². The highest BCUT2D eigenvalue weighted by atomic mass is 16.4. The summed E-state index contributed by atoms with van der Waals surface area (Å²) >= 11 is 0. The van der Waals surface area contributed by atoms with Crippen LogP contribution in [0.5, 0.6) is 5.75 Å². The number of hydrogen-bond acceptors (Lipinski definition) is 3. The third-order valence-corrected chi connectivity index (χ3v) is 3.86. The second-order valence-electron chi connectivity index (χ2n) is 5.56. The van der Waals surface area contributed by atoms with Gasteiger partial charge in [-0.25, -0.2) is 4.79 Å². The van der Waals surface area contributed by atoms with E-state index in [1.54, 1.807) is 12.1 Å². The highest BCUT2D eigenvalue weighted by Crippen LogP contribution is 2.27. The molecule has 3 aromatic rings. The molecule has 0 radical (unpaired) electrons. The Balaban J connectivity index is 1.84. The van der Waals surface area contributed by atoms with Crippen molar-refractivity contribution in [2.45, 2.75) is 26.2 Å². The molecule has 0 aliphatic carbocycles. The third kappa shape index (κ3) is 2.89. The van der Waals surface area contributed by atoms with Crippen molar-refractivity contribution in [2.24, 2.45) is 0 Å². The number of benzene rings is 2. The summed E-state index contributed by atoms with van der Waals surface area (Å²) in [7, 11) is 0. The Hall–Kier alpha value is -2.55. The zero-order valence-corrected chi connectivity index (χ0v) is 12.5. The standard InChI is InChI=1S/C19H18O3/c1-13-10-11-15-17(12-13)22-19(21)16(18(15)20)9-5-8-14-6-3-2-4-7-14/h2-4,6-7,10-12,20H,5,8-9H2,1H3. The van der Waals surface area contributed by atoms with E-state index < -0.39 is 5.63 Å². The first-order valence-corrected chi connectivity index (χ1v) is 7.44. The Morgan fingerprint density at radius 3 is 2.59 bits per heavy atom. The third-order valence-electron chi connectivity index (χ3n) is 3.86. The molecule has 3 nitrogen and oxygen atoms in total. The largest absolute Gasteiger partial charge is 0.507 e. The zero-order valence-electron chi connectivity index (χ0n) is 12.5. The Morgan fingerprint density at radius 1 is 1.05 bits per heavy atom. The first kappa shape index (κ1) is 14.4. The zero-order chi connectivity index (χ0) is 15.5. The SMILES string of the molecule is Cc1ccc2c(O)c(CCCc3ccccc3)c(=O)oc2c1. The second kappa shape index (κ2) is 6.06. The molecule has 0 fully saturated rings. The molecule has 1 aromatic heterocycles. The molecule has 0 spiro atoms. The first-order valence-electron chi connectivity index (χ1n) is 7.44. The van der Waals surface area contributed by atoms with Gasteiger partial charge >= 0.3 is 5.63 Å². The average Bonchev–Trinajstić information content (AvgIpc) is 2.51. The molecule has 0 bridgehead atoms. The molecule has 0 unspecified atom stereocenters. The number of aromatic hydroxyl groups is 1. The van der Waals surface area contributed by atoms with E-state index in [0.29, 0.717) is 23.0 Å². The monoisotopic (exact) mass is 294 g/mol. The van der Waals surface area contributed by atoms with Crippen molar-refractivity contribution in [1.29, 1.82) is 0 Å². The van der Waals surface area contributed by atoms with Crippen molar-refractivity contribution in [3.05, 3.63) is 75.6 Å². The fourth-order valence-electron chi connectivity index (χ4n) is 2.66. The number of fused-ring (bicyclic) bond motifs is 1. The fourth-order valence-corrected chi connectivity index (χ4v) is 2.66. The van der Waals surface area contributed by atoms with E-state index in [0.717, 1.165) is 18.4 Å². The highest BCUT2D eigenvalue weighted by molar-refractivity contribution is 5.84. The molecule has 0 saturated carbocycles. The summed E-state index contributed by atoms with van der Waals surface area (Å²) in [6.07, 6.45) is 2.16. The molecule has 0 aliphatic rings. The van der Waals surface area contributed by atoms with Crippen LogP contribution in [0, 0.1) is 6.92 Å². The van der Waals surface area contributed by atoms with Crippen molar-refractivity contribution in [1.82, 2.24) is 0 Å². The predicted octanol–water partition coefficient (Wildman–Crippen LogP) is 3.98. The van der Waals surface area contributed by atoms with Crippen LogP contribution in [-0.4, -0.2) is 5.11 Å². The molecule has 1 heterocycles. The predicted molar refractivity (Wildman–Crippen MR) is 87.4 cm³/mol. The van der Waals surface area contributed by atoms with Gasteiger partial charge in [0.25, 0.3) is 0 Å². The molecule has 0 aliphatic heterocycles. The summed E-state index contributed by atoms with van der Waals surface area (Å²) in [5.41, 5.74) is 2.58. The molecule has 0 amide bonds. The van der Waals surface area contributed by atoms with Gasteiger partial charge in [0, 0.05) is 0 Å². The van der Waals surface area contributed by atoms with E-state index in [1.165, 1.54) is 5.56 Å². The van der Waals surface area contributed by atoms with Crippen LogP contribution >= 0.6 is 0 Å². The number of rotatable bonds is 4. The molecule has 3 rings (SSSR count). The average molecular weight is 294 g/mol. The van der Waals surface area contributed by atoms with Gasteiger partial charge in [0.15, 0.2) is 0 Å². The molecule has 0 atom stereocenters. The van der Waals surface area contributed by atoms with E-state index in [-0.39, 0.29) is 5.75 Å². The summed E-state index contributed by atoms with van der Waals surface area (Å²) in [6, 6.07) is 15.6. The molecule has 0 saturated heterocycles. The van der Waals surface area contributed by atoms with Gasteiger partial charge in [-0.3, -0.25) is 0 Å². The Morgan fingerprint density at radius 2 is 1.82 bits per heavy atom. The smallest absolute Gasteiger partial charge is 0.343 e. The van der Waals surface area contributed by atoms with Crippen LogP contribution in [0.2, 0.25) is 0 Å². The Labute approximate surface area is 128 Å². The molecule has 2 aromatic carbocycles. The molecular formula is C19H18O3. The quantitative estimate of drug-likeness (QED) is 0.740. The van der Waals surface area contributed by atoms with E-state index in [4.69, 9.17) is 4.42 Å². The van der Waals surface area contributed by atoms with Crippen LogP contribution in [0.15, 0.2) is 57.7 Å². The van der Waals surface area contributed by atoms with Crippen LogP contribution in [0.1, 0.15) is 23.1 Å². The molecular weight excluding hydrogens is 276 g/mol. The lowest BCUT2D eigenvalue weighted by molar-refractivity contribution is 0.455. The number of aryl methyl sites for hydroxylation is 2. The minimum absolute atomic E-state index is 0.0549. The maximum Gasteiger partial charge on any atom is 0.343 e.